The SMILES string of the molecule is Cc1ccc(F)cc1NC(=O)c1sc2nc(C)c(C)c(C)c2c1N. The van der Waals surface area contributed by atoms with Crippen molar-refractivity contribution in [1.29, 1.82) is 0 Å². The van der Waals surface area contributed by atoms with Gasteiger partial charge < -0.3 is 11.1 Å². The monoisotopic (exact) mass is 343 g/mol. The third kappa shape index (κ3) is 2.63. The van der Waals surface area contributed by atoms with Crippen molar-refractivity contribution in [1.82, 2.24) is 4.98 Å². The number of pyridine rings is 1. The highest BCUT2D eigenvalue weighted by Crippen LogP contribution is 2.37. The first-order valence-corrected chi connectivity index (χ1v) is 8.34. The van der Waals surface area contributed by atoms with E-state index in [-0.39, 0.29) is 5.91 Å². The molecule has 0 saturated heterocycles. The molecule has 3 aromatic rings. The van der Waals surface area contributed by atoms with Gasteiger partial charge in [0.1, 0.15) is 15.5 Å². The van der Waals surface area contributed by atoms with Gasteiger partial charge in [-0.05, 0) is 56.5 Å². The van der Waals surface area contributed by atoms with Gasteiger partial charge in [0.2, 0.25) is 0 Å². The number of nitrogens with one attached hydrogen (secondary N) is 1. The maximum Gasteiger partial charge on any atom is 0.267 e. The highest BCUT2D eigenvalue weighted by atomic mass is 32.1. The Morgan fingerprint density at radius 2 is 1.92 bits per heavy atom. The van der Waals surface area contributed by atoms with E-state index < -0.39 is 5.82 Å². The van der Waals surface area contributed by atoms with Gasteiger partial charge in [-0.1, -0.05) is 6.07 Å². The summed E-state index contributed by atoms with van der Waals surface area (Å²) < 4.78 is 13.4. The number of thiophene rings is 1. The molecule has 0 atom stereocenters. The van der Waals surface area contributed by atoms with Crippen LogP contribution in [-0.2, 0) is 0 Å². The first-order valence-electron chi connectivity index (χ1n) is 7.53. The Kier molecular flexibility index (Phi) is 4.01. The lowest BCUT2D eigenvalue weighted by Gasteiger charge is -2.08. The van der Waals surface area contributed by atoms with E-state index in [1.807, 2.05) is 27.7 Å². The Hall–Kier alpha value is -2.47. The minimum absolute atomic E-state index is 0.348. The van der Waals surface area contributed by atoms with Gasteiger partial charge in [-0.15, -0.1) is 11.3 Å². The number of halogens is 1. The van der Waals surface area contributed by atoms with Crippen LogP contribution >= 0.6 is 11.3 Å². The van der Waals surface area contributed by atoms with Crippen LogP contribution in [0.1, 0.15) is 32.1 Å². The summed E-state index contributed by atoms with van der Waals surface area (Å²) in [5.41, 5.74) is 10.9. The van der Waals surface area contributed by atoms with Crippen LogP contribution in [0.15, 0.2) is 18.2 Å². The van der Waals surface area contributed by atoms with Crippen molar-refractivity contribution in [2.24, 2.45) is 0 Å². The molecule has 0 bridgehead atoms. The molecule has 3 N–H and O–H groups in total. The van der Waals surface area contributed by atoms with E-state index >= 15 is 0 Å². The Labute approximate surface area is 143 Å². The predicted molar refractivity (Wildman–Crippen MR) is 97.3 cm³/mol. The zero-order chi connectivity index (χ0) is 17.6. The van der Waals surface area contributed by atoms with Crippen molar-refractivity contribution in [3.8, 4) is 0 Å². The Bertz CT molecular complexity index is 978. The highest BCUT2D eigenvalue weighted by molar-refractivity contribution is 7.21. The number of hydrogen-bond acceptors (Lipinski definition) is 4. The molecule has 124 valence electrons. The van der Waals surface area contributed by atoms with Gasteiger partial charge in [0.15, 0.2) is 0 Å². The highest BCUT2D eigenvalue weighted by Gasteiger charge is 2.20. The zero-order valence-corrected chi connectivity index (χ0v) is 14.8. The van der Waals surface area contributed by atoms with Crippen LogP contribution in [0.25, 0.3) is 10.2 Å². The van der Waals surface area contributed by atoms with Crippen molar-refractivity contribution in [3.63, 3.8) is 0 Å². The number of carbonyl (C=O) groups excluding carboxylic acids is 1. The number of nitrogens with zero attached hydrogens (tertiary/aromatic N) is 1. The molecule has 4 nitrogen and oxygen atoms in total. The van der Waals surface area contributed by atoms with Crippen LogP contribution in [0, 0.1) is 33.5 Å². The van der Waals surface area contributed by atoms with Gasteiger partial charge in [-0.25, -0.2) is 9.37 Å². The number of benzene rings is 1. The number of carbonyl (C=O) groups is 1. The number of aromatic nitrogens is 1. The van der Waals surface area contributed by atoms with E-state index in [4.69, 9.17) is 5.73 Å². The van der Waals surface area contributed by atoms with Crippen LogP contribution in [0.2, 0.25) is 0 Å². The minimum Gasteiger partial charge on any atom is -0.397 e. The van der Waals surface area contributed by atoms with Gasteiger partial charge in [0.05, 0.1) is 5.69 Å². The molecule has 1 amide bonds. The van der Waals surface area contributed by atoms with Crippen molar-refractivity contribution in [2.45, 2.75) is 27.7 Å². The summed E-state index contributed by atoms with van der Waals surface area (Å²) in [6.07, 6.45) is 0. The Morgan fingerprint density at radius 1 is 1.21 bits per heavy atom. The Balaban J connectivity index is 2.06. The first kappa shape index (κ1) is 16.4. The number of aryl methyl sites for hydroxylation is 3. The molecule has 1 aromatic carbocycles. The lowest BCUT2D eigenvalue weighted by Crippen LogP contribution is -2.13. The van der Waals surface area contributed by atoms with E-state index in [2.05, 4.69) is 10.3 Å². The number of amides is 1. The zero-order valence-electron chi connectivity index (χ0n) is 14.0. The molecule has 0 saturated carbocycles. The minimum atomic E-state index is -0.399. The molecule has 0 aliphatic heterocycles. The fourth-order valence-corrected chi connectivity index (χ4v) is 3.74. The van der Waals surface area contributed by atoms with Crippen LogP contribution in [0.4, 0.5) is 15.8 Å². The third-order valence-corrected chi connectivity index (χ3v) is 5.43. The maximum absolute atomic E-state index is 13.4. The average molecular weight is 343 g/mol. The number of hydrogen-bond donors (Lipinski definition) is 2. The normalized spacial score (nSPS) is 11.0. The lowest BCUT2D eigenvalue weighted by molar-refractivity contribution is 0.103. The van der Waals surface area contributed by atoms with Crippen LogP contribution in [0.5, 0.6) is 0 Å². The third-order valence-electron chi connectivity index (χ3n) is 4.33. The van der Waals surface area contributed by atoms with E-state index in [0.717, 1.165) is 32.6 Å². The molecule has 0 fully saturated rings. The molecule has 3 rings (SSSR count). The molecule has 24 heavy (non-hydrogen) atoms. The van der Waals surface area contributed by atoms with Gasteiger partial charge in [-0.3, -0.25) is 4.79 Å². The number of nitrogen functional groups attached to an aromatic ring is 1. The van der Waals surface area contributed by atoms with Gasteiger partial charge >= 0.3 is 0 Å². The van der Waals surface area contributed by atoms with E-state index in [0.29, 0.717) is 16.3 Å². The Morgan fingerprint density at radius 3 is 2.62 bits per heavy atom. The molecular formula is C18H18FN3OS. The second-order valence-corrected chi connectivity index (χ2v) is 6.88. The number of nitrogens with two attached hydrogens (primary N) is 1. The van der Waals surface area contributed by atoms with Gasteiger partial charge in [0.25, 0.3) is 5.91 Å². The van der Waals surface area contributed by atoms with Crippen molar-refractivity contribution < 1.29 is 9.18 Å². The molecule has 2 heterocycles. The van der Waals surface area contributed by atoms with E-state index in [1.165, 1.54) is 23.5 Å². The second-order valence-electron chi connectivity index (χ2n) is 5.89. The quantitative estimate of drug-likeness (QED) is 0.720. The average Bonchev–Trinajstić information content (AvgIpc) is 2.85. The summed E-state index contributed by atoms with van der Waals surface area (Å²) >= 11 is 1.26. The van der Waals surface area contributed by atoms with Gasteiger partial charge in [-0.2, -0.15) is 0 Å². The molecule has 0 unspecified atom stereocenters. The predicted octanol–water partition coefficient (Wildman–Crippen LogP) is 4.50. The molecule has 6 heteroatoms. The smallest absolute Gasteiger partial charge is 0.267 e. The fraction of sp³-hybridized carbons (Fsp3) is 0.222. The topological polar surface area (TPSA) is 68.0 Å². The molecule has 0 aliphatic carbocycles. The summed E-state index contributed by atoms with van der Waals surface area (Å²) in [6, 6.07) is 4.28. The fourth-order valence-electron chi connectivity index (χ4n) is 2.64. The standard InChI is InChI=1S/C18H18FN3OS/c1-8-5-6-12(19)7-13(8)22-17(23)16-15(20)14-10(3)9(2)11(4)21-18(14)24-16/h5-7H,20H2,1-4H3,(H,22,23). The summed E-state index contributed by atoms with van der Waals surface area (Å²) in [7, 11) is 0. The second kappa shape index (κ2) is 5.87. The van der Waals surface area contributed by atoms with Crippen LogP contribution < -0.4 is 11.1 Å². The molecule has 0 spiro atoms. The van der Waals surface area contributed by atoms with E-state index in [9.17, 15) is 9.18 Å². The molecule has 0 radical (unpaired) electrons. The van der Waals surface area contributed by atoms with Crippen molar-refractivity contribution in [3.05, 3.63) is 51.3 Å². The maximum atomic E-state index is 13.4. The lowest BCUT2D eigenvalue weighted by atomic mass is 10.1. The van der Waals surface area contributed by atoms with Crippen LogP contribution in [-0.4, -0.2) is 10.9 Å². The van der Waals surface area contributed by atoms with Crippen molar-refractivity contribution in [2.75, 3.05) is 11.1 Å². The largest absolute Gasteiger partial charge is 0.397 e. The first-order chi connectivity index (χ1) is 11.3. The van der Waals surface area contributed by atoms with Gasteiger partial charge in [0, 0.05) is 16.8 Å². The number of fused-ring (bicyclic) bond motifs is 1. The number of rotatable bonds is 2. The molecule has 2 aromatic heterocycles. The summed E-state index contributed by atoms with van der Waals surface area (Å²) in [5, 5.41) is 3.56. The summed E-state index contributed by atoms with van der Waals surface area (Å²) in [6.45, 7) is 7.72. The summed E-state index contributed by atoms with van der Waals surface area (Å²) in [5.74, 6) is -0.747. The van der Waals surface area contributed by atoms with Crippen LogP contribution in [0.3, 0.4) is 0 Å². The van der Waals surface area contributed by atoms with E-state index in [1.54, 1.807) is 6.07 Å². The molecular weight excluding hydrogens is 325 g/mol. The molecule has 0 aliphatic rings. The van der Waals surface area contributed by atoms with Crippen molar-refractivity contribution >= 4 is 38.8 Å². The summed E-state index contributed by atoms with van der Waals surface area (Å²) in [4.78, 5) is 18.3. The number of anilines is 2.